The van der Waals surface area contributed by atoms with Crippen LogP contribution in [-0.4, -0.2) is 12.2 Å². The lowest BCUT2D eigenvalue weighted by atomic mass is 9.80. The average molecular weight is 284 g/mol. The Morgan fingerprint density at radius 1 is 0.900 bits per heavy atom. The van der Waals surface area contributed by atoms with E-state index in [0.717, 1.165) is 13.0 Å². The molecule has 0 aromatic carbocycles. The van der Waals surface area contributed by atoms with Crippen LogP contribution in [0, 0.1) is 5.92 Å². The van der Waals surface area contributed by atoms with E-state index in [1.165, 1.54) is 70.6 Å². The van der Waals surface area contributed by atoms with Crippen molar-refractivity contribution in [1.82, 2.24) is 0 Å². The highest BCUT2D eigenvalue weighted by molar-refractivity contribution is 4.86. The van der Waals surface area contributed by atoms with Gasteiger partial charge in [-0.3, -0.25) is 0 Å². The zero-order valence-corrected chi connectivity index (χ0v) is 14.1. The van der Waals surface area contributed by atoms with Gasteiger partial charge in [-0.15, -0.1) is 0 Å². The maximum absolute atomic E-state index is 5.67. The van der Waals surface area contributed by atoms with E-state index in [4.69, 9.17) is 9.78 Å². The molecule has 2 atom stereocenters. The molecule has 0 spiro atoms. The Morgan fingerprint density at radius 3 is 2.00 bits per heavy atom. The van der Waals surface area contributed by atoms with E-state index in [9.17, 15) is 0 Å². The summed E-state index contributed by atoms with van der Waals surface area (Å²) in [6.45, 7) is 7.62. The molecule has 1 aliphatic heterocycles. The van der Waals surface area contributed by atoms with Gasteiger partial charge in [0.05, 0.1) is 6.61 Å². The van der Waals surface area contributed by atoms with Gasteiger partial charge in [-0.2, -0.15) is 0 Å². The molecule has 0 aromatic heterocycles. The summed E-state index contributed by atoms with van der Waals surface area (Å²) < 4.78 is 0. The second-order valence-corrected chi connectivity index (χ2v) is 6.61. The van der Waals surface area contributed by atoms with E-state index in [-0.39, 0.29) is 5.60 Å². The van der Waals surface area contributed by atoms with Crippen molar-refractivity contribution >= 4 is 0 Å². The lowest BCUT2D eigenvalue weighted by Crippen LogP contribution is -2.35. The molecule has 0 aliphatic carbocycles. The molecule has 0 aromatic rings. The highest BCUT2D eigenvalue weighted by Crippen LogP contribution is 2.37. The first-order valence-corrected chi connectivity index (χ1v) is 9.06. The predicted molar refractivity (Wildman–Crippen MR) is 85.7 cm³/mol. The summed E-state index contributed by atoms with van der Waals surface area (Å²) in [6.07, 6.45) is 15.9. The molecule has 2 heteroatoms. The summed E-state index contributed by atoms with van der Waals surface area (Å²) in [5.74, 6) is 0.610. The van der Waals surface area contributed by atoms with E-state index in [1.54, 1.807) is 0 Å². The fourth-order valence-electron chi connectivity index (χ4n) is 3.26. The van der Waals surface area contributed by atoms with Crippen LogP contribution in [0.15, 0.2) is 0 Å². The van der Waals surface area contributed by atoms with Crippen LogP contribution in [0.3, 0.4) is 0 Å². The molecule has 1 aliphatic rings. The van der Waals surface area contributed by atoms with E-state index < -0.39 is 0 Å². The van der Waals surface area contributed by atoms with Gasteiger partial charge in [-0.25, -0.2) is 9.78 Å². The Labute approximate surface area is 126 Å². The van der Waals surface area contributed by atoms with Gasteiger partial charge >= 0.3 is 0 Å². The van der Waals surface area contributed by atoms with Crippen LogP contribution < -0.4 is 0 Å². The van der Waals surface area contributed by atoms with Crippen LogP contribution in [0.1, 0.15) is 97.8 Å². The Hall–Kier alpha value is -0.0800. The van der Waals surface area contributed by atoms with Crippen LogP contribution in [0.2, 0.25) is 0 Å². The third kappa shape index (κ3) is 6.13. The van der Waals surface area contributed by atoms with E-state index in [0.29, 0.717) is 5.92 Å². The largest absolute Gasteiger partial charge is 0.236 e. The summed E-state index contributed by atoms with van der Waals surface area (Å²) in [6, 6.07) is 0. The lowest BCUT2D eigenvalue weighted by Gasteiger charge is -2.31. The van der Waals surface area contributed by atoms with Crippen molar-refractivity contribution in [3.63, 3.8) is 0 Å². The highest BCUT2D eigenvalue weighted by atomic mass is 17.2. The third-order valence-corrected chi connectivity index (χ3v) is 5.05. The van der Waals surface area contributed by atoms with Gasteiger partial charge in [0.2, 0.25) is 0 Å². The molecule has 120 valence electrons. The molecule has 1 rings (SSSR count). The normalized spacial score (nSPS) is 24.1. The van der Waals surface area contributed by atoms with E-state index >= 15 is 0 Å². The van der Waals surface area contributed by atoms with Gasteiger partial charge in [0.25, 0.3) is 0 Å². The maximum atomic E-state index is 5.67. The van der Waals surface area contributed by atoms with Crippen molar-refractivity contribution in [1.29, 1.82) is 0 Å². The van der Waals surface area contributed by atoms with Crippen LogP contribution in [0.25, 0.3) is 0 Å². The molecular formula is C18H36O2. The average Bonchev–Trinajstić information content (AvgIpc) is 2.94. The highest BCUT2D eigenvalue weighted by Gasteiger charge is 2.40. The summed E-state index contributed by atoms with van der Waals surface area (Å²) in [5, 5.41) is 0. The molecule has 2 nitrogen and oxygen atoms in total. The number of hydrogen-bond donors (Lipinski definition) is 0. The summed E-state index contributed by atoms with van der Waals surface area (Å²) in [4.78, 5) is 10.9. The topological polar surface area (TPSA) is 18.5 Å². The first kappa shape index (κ1) is 18.0. The van der Waals surface area contributed by atoms with Gasteiger partial charge in [-0.1, -0.05) is 85.0 Å². The SMILES string of the molecule is CCCCCCCCCCCC1(C(C)CC)CCOO1. The van der Waals surface area contributed by atoms with Gasteiger partial charge in [0.15, 0.2) is 0 Å². The Kier molecular flexibility index (Phi) is 9.54. The number of rotatable bonds is 12. The molecular weight excluding hydrogens is 248 g/mol. The predicted octanol–water partition coefficient (Wildman–Crippen LogP) is 6.04. The minimum Gasteiger partial charge on any atom is -0.236 e. The van der Waals surface area contributed by atoms with Crippen molar-refractivity contribution in [2.24, 2.45) is 5.92 Å². The first-order chi connectivity index (χ1) is 9.75. The third-order valence-electron chi connectivity index (χ3n) is 5.05. The van der Waals surface area contributed by atoms with Crippen molar-refractivity contribution in [2.75, 3.05) is 6.61 Å². The van der Waals surface area contributed by atoms with Crippen molar-refractivity contribution < 1.29 is 9.78 Å². The molecule has 0 amide bonds. The van der Waals surface area contributed by atoms with E-state index in [2.05, 4.69) is 20.8 Å². The van der Waals surface area contributed by atoms with Crippen molar-refractivity contribution in [3.8, 4) is 0 Å². The molecule has 1 saturated heterocycles. The second-order valence-electron chi connectivity index (χ2n) is 6.61. The molecule has 0 bridgehead atoms. The second kappa shape index (κ2) is 10.6. The van der Waals surface area contributed by atoms with Crippen LogP contribution >= 0.6 is 0 Å². The van der Waals surface area contributed by atoms with Gasteiger partial charge < -0.3 is 0 Å². The molecule has 1 fully saturated rings. The molecule has 0 saturated carbocycles. The number of hydrogen-bond acceptors (Lipinski definition) is 2. The van der Waals surface area contributed by atoms with Crippen LogP contribution in [0.5, 0.6) is 0 Å². The Balaban J connectivity index is 2.04. The Bertz CT molecular complexity index is 221. The molecule has 20 heavy (non-hydrogen) atoms. The zero-order valence-electron chi connectivity index (χ0n) is 14.1. The quantitative estimate of drug-likeness (QED) is 0.321. The summed E-state index contributed by atoms with van der Waals surface area (Å²) in [5.41, 5.74) is 0.0237. The minimum atomic E-state index is 0.0237. The van der Waals surface area contributed by atoms with E-state index in [1.807, 2.05) is 0 Å². The van der Waals surface area contributed by atoms with Crippen molar-refractivity contribution in [2.45, 2.75) is 103 Å². The monoisotopic (exact) mass is 284 g/mol. The molecule has 2 unspecified atom stereocenters. The fourth-order valence-corrected chi connectivity index (χ4v) is 3.26. The van der Waals surface area contributed by atoms with Gasteiger partial charge in [-0.05, 0) is 12.3 Å². The van der Waals surface area contributed by atoms with Gasteiger partial charge in [0, 0.05) is 6.42 Å². The minimum absolute atomic E-state index is 0.0237. The lowest BCUT2D eigenvalue weighted by molar-refractivity contribution is -0.321. The Morgan fingerprint density at radius 2 is 1.50 bits per heavy atom. The molecule has 1 heterocycles. The zero-order chi connectivity index (χ0) is 14.7. The fraction of sp³-hybridized carbons (Fsp3) is 1.00. The standard InChI is InChI=1S/C18H36O2/c1-4-6-7-8-9-10-11-12-13-14-18(17(3)5-2)15-16-19-20-18/h17H,4-16H2,1-3H3. The summed E-state index contributed by atoms with van der Waals surface area (Å²) >= 11 is 0. The number of unbranched alkanes of at least 4 members (excludes halogenated alkanes) is 8. The maximum Gasteiger partial charge on any atom is 0.108 e. The van der Waals surface area contributed by atoms with Crippen LogP contribution in [-0.2, 0) is 9.78 Å². The van der Waals surface area contributed by atoms with Gasteiger partial charge in [0.1, 0.15) is 5.60 Å². The van der Waals surface area contributed by atoms with Crippen LogP contribution in [0.4, 0.5) is 0 Å². The molecule has 0 radical (unpaired) electrons. The first-order valence-electron chi connectivity index (χ1n) is 9.06. The molecule has 0 N–H and O–H groups in total. The van der Waals surface area contributed by atoms with Crippen molar-refractivity contribution in [3.05, 3.63) is 0 Å². The smallest absolute Gasteiger partial charge is 0.108 e. The summed E-state index contributed by atoms with van der Waals surface area (Å²) in [7, 11) is 0.